The van der Waals surface area contributed by atoms with Crippen molar-refractivity contribution < 1.29 is 9.53 Å². The van der Waals surface area contributed by atoms with Gasteiger partial charge in [-0.3, -0.25) is 4.79 Å². The predicted octanol–water partition coefficient (Wildman–Crippen LogP) is 3.57. The van der Waals surface area contributed by atoms with E-state index in [0.29, 0.717) is 25.5 Å². The number of carbonyl (C=O) groups excluding carboxylic acids is 1. The van der Waals surface area contributed by atoms with E-state index in [-0.39, 0.29) is 5.91 Å². The molecule has 0 bridgehead atoms. The molecule has 0 atom stereocenters. The molecular weight excluding hydrogens is 368 g/mol. The van der Waals surface area contributed by atoms with Gasteiger partial charge in [-0.15, -0.1) is 10.2 Å². The van der Waals surface area contributed by atoms with Crippen LogP contribution in [0.25, 0.3) is 0 Å². The highest BCUT2D eigenvalue weighted by atomic mass is 32.2. The van der Waals surface area contributed by atoms with E-state index >= 15 is 0 Å². The molecule has 1 heterocycles. The summed E-state index contributed by atoms with van der Waals surface area (Å²) >= 11 is 2.90. The SMILES string of the molecule is CCCCNc1nnc(SCC(=O)NCCCOCc2ccccc2)s1. The van der Waals surface area contributed by atoms with Gasteiger partial charge in [-0.2, -0.15) is 0 Å². The number of amides is 1. The number of hydrogen-bond acceptors (Lipinski definition) is 7. The minimum Gasteiger partial charge on any atom is -0.377 e. The van der Waals surface area contributed by atoms with Gasteiger partial charge in [-0.1, -0.05) is 66.8 Å². The Morgan fingerprint density at radius 1 is 1.19 bits per heavy atom. The lowest BCUT2D eigenvalue weighted by Crippen LogP contribution is -2.26. The molecule has 1 aromatic heterocycles. The lowest BCUT2D eigenvalue weighted by molar-refractivity contribution is -0.118. The van der Waals surface area contributed by atoms with Crippen LogP contribution in [0, 0.1) is 0 Å². The van der Waals surface area contributed by atoms with Gasteiger partial charge in [-0.05, 0) is 18.4 Å². The summed E-state index contributed by atoms with van der Waals surface area (Å²) in [6, 6.07) is 10.1. The standard InChI is InChI=1S/C18H26N4O2S2/c1-2-3-10-20-17-21-22-18(26-17)25-14-16(23)19-11-7-12-24-13-15-8-5-4-6-9-15/h4-6,8-9H,2-3,7,10-14H2,1H3,(H,19,23)(H,20,21). The van der Waals surface area contributed by atoms with Crippen LogP contribution < -0.4 is 10.6 Å². The molecule has 0 aliphatic rings. The third kappa shape index (κ3) is 8.64. The molecule has 0 aliphatic heterocycles. The fraction of sp³-hybridized carbons (Fsp3) is 0.500. The minimum absolute atomic E-state index is 0.00810. The maximum absolute atomic E-state index is 11.9. The van der Waals surface area contributed by atoms with Crippen LogP contribution in [-0.4, -0.2) is 41.6 Å². The Balaban J connectivity index is 1.49. The molecule has 8 heteroatoms. The van der Waals surface area contributed by atoms with Gasteiger partial charge in [0.15, 0.2) is 4.34 Å². The van der Waals surface area contributed by atoms with Crippen molar-refractivity contribution in [3.8, 4) is 0 Å². The molecular formula is C18H26N4O2S2. The summed E-state index contributed by atoms with van der Waals surface area (Å²) in [5.74, 6) is 0.364. The molecule has 2 aromatic rings. The zero-order chi connectivity index (χ0) is 18.5. The molecule has 26 heavy (non-hydrogen) atoms. The van der Waals surface area contributed by atoms with Crippen LogP contribution in [0.4, 0.5) is 5.13 Å². The monoisotopic (exact) mass is 394 g/mol. The van der Waals surface area contributed by atoms with Crippen LogP contribution in [0.15, 0.2) is 34.7 Å². The number of hydrogen-bond donors (Lipinski definition) is 2. The van der Waals surface area contributed by atoms with E-state index in [1.165, 1.54) is 23.1 Å². The number of carbonyl (C=O) groups is 1. The average Bonchev–Trinajstić information content (AvgIpc) is 3.12. The van der Waals surface area contributed by atoms with E-state index in [1.54, 1.807) is 0 Å². The minimum atomic E-state index is 0.00810. The maximum Gasteiger partial charge on any atom is 0.230 e. The van der Waals surface area contributed by atoms with E-state index in [1.807, 2.05) is 30.3 Å². The number of thioether (sulfide) groups is 1. The first-order chi connectivity index (χ1) is 12.8. The van der Waals surface area contributed by atoms with Crippen LogP contribution in [0.2, 0.25) is 0 Å². The number of aromatic nitrogens is 2. The van der Waals surface area contributed by atoms with Crippen molar-refractivity contribution in [1.82, 2.24) is 15.5 Å². The molecule has 0 spiro atoms. The van der Waals surface area contributed by atoms with E-state index < -0.39 is 0 Å². The highest BCUT2D eigenvalue weighted by Crippen LogP contribution is 2.25. The highest BCUT2D eigenvalue weighted by molar-refractivity contribution is 8.01. The third-order valence-electron chi connectivity index (χ3n) is 3.44. The second kappa shape index (κ2) is 12.7. The predicted molar refractivity (Wildman–Crippen MR) is 108 cm³/mol. The Morgan fingerprint density at radius 2 is 2.04 bits per heavy atom. The third-order valence-corrected chi connectivity index (χ3v) is 5.45. The Labute approximate surface area is 163 Å². The molecule has 0 saturated heterocycles. The first-order valence-electron chi connectivity index (χ1n) is 8.86. The zero-order valence-corrected chi connectivity index (χ0v) is 16.7. The molecule has 1 aromatic carbocycles. The first kappa shape index (κ1) is 20.7. The highest BCUT2D eigenvalue weighted by Gasteiger charge is 2.07. The van der Waals surface area contributed by atoms with Gasteiger partial charge in [0.1, 0.15) is 0 Å². The fourth-order valence-corrected chi connectivity index (χ4v) is 3.66. The van der Waals surface area contributed by atoms with Crippen LogP contribution in [-0.2, 0) is 16.1 Å². The van der Waals surface area contributed by atoms with Crippen molar-refractivity contribution in [2.75, 3.05) is 30.8 Å². The fourth-order valence-electron chi connectivity index (χ4n) is 2.06. The maximum atomic E-state index is 11.9. The van der Waals surface area contributed by atoms with Gasteiger partial charge in [0.25, 0.3) is 0 Å². The molecule has 142 valence electrons. The Bertz CT molecular complexity index is 637. The van der Waals surface area contributed by atoms with Crippen LogP contribution in [0.3, 0.4) is 0 Å². The lowest BCUT2D eigenvalue weighted by Gasteiger charge is -2.06. The molecule has 2 rings (SSSR count). The molecule has 0 unspecified atom stereocenters. The summed E-state index contributed by atoms with van der Waals surface area (Å²) < 4.78 is 6.40. The Hall–Kier alpha value is -1.64. The number of nitrogens with zero attached hydrogens (tertiary/aromatic N) is 2. The van der Waals surface area contributed by atoms with Crippen LogP contribution in [0.1, 0.15) is 31.7 Å². The van der Waals surface area contributed by atoms with Crippen molar-refractivity contribution in [1.29, 1.82) is 0 Å². The van der Waals surface area contributed by atoms with Gasteiger partial charge in [0, 0.05) is 19.7 Å². The summed E-state index contributed by atoms with van der Waals surface area (Å²) in [7, 11) is 0. The van der Waals surface area contributed by atoms with Crippen molar-refractivity contribution in [2.24, 2.45) is 0 Å². The topological polar surface area (TPSA) is 76.1 Å². The summed E-state index contributed by atoms with van der Waals surface area (Å²) in [6.45, 7) is 4.91. The molecule has 1 amide bonds. The summed E-state index contributed by atoms with van der Waals surface area (Å²) in [4.78, 5) is 11.9. The zero-order valence-electron chi connectivity index (χ0n) is 15.1. The first-order valence-corrected chi connectivity index (χ1v) is 10.7. The Morgan fingerprint density at radius 3 is 2.85 bits per heavy atom. The summed E-state index contributed by atoms with van der Waals surface area (Å²) in [6.07, 6.45) is 3.05. The summed E-state index contributed by atoms with van der Waals surface area (Å²) in [5.41, 5.74) is 1.16. The van der Waals surface area contributed by atoms with E-state index in [4.69, 9.17) is 4.74 Å². The van der Waals surface area contributed by atoms with Gasteiger partial charge >= 0.3 is 0 Å². The molecule has 0 aliphatic carbocycles. The number of anilines is 1. The van der Waals surface area contributed by atoms with Crippen LogP contribution >= 0.6 is 23.1 Å². The molecule has 0 radical (unpaired) electrons. The second-order valence-corrected chi connectivity index (χ2v) is 7.88. The number of unbranched alkanes of at least 4 members (excludes halogenated alkanes) is 1. The summed E-state index contributed by atoms with van der Waals surface area (Å²) in [5, 5.41) is 15.1. The lowest BCUT2D eigenvalue weighted by atomic mass is 10.2. The number of rotatable bonds is 13. The molecule has 0 fully saturated rings. The largest absolute Gasteiger partial charge is 0.377 e. The van der Waals surface area contributed by atoms with E-state index in [2.05, 4.69) is 27.8 Å². The second-order valence-electron chi connectivity index (χ2n) is 5.68. The smallest absolute Gasteiger partial charge is 0.230 e. The van der Waals surface area contributed by atoms with Gasteiger partial charge < -0.3 is 15.4 Å². The van der Waals surface area contributed by atoms with E-state index in [0.717, 1.165) is 40.8 Å². The molecule has 0 saturated carbocycles. The van der Waals surface area contributed by atoms with Gasteiger partial charge in [-0.25, -0.2) is 0 Å². The Kier molecular flexibility index (Phi) is 10.1. The van der Waals surface area contributed by atoms with Crippen molar-refractivity contribution >= 4 is 34.1 Å². The van der Waals surface area contributed by atoms with Gasteiger partial charge in [0.05, 0.1) is 12.4 Å². The van der Waals surface area contributed by atoms with Crippen LogP contribution in [0.5, 0.6) is 0 Å². The van der Waals surface area contributed by atoms with Crippen molar-refractivity contribution in [3.05, 3.63) is 35.9 Å². The number of nitrogens with one attached hydrogen (secondary N) is 2. The quantitative estimate of drug-likeness (QED) is 0.400. The van der Waals surface area contributed by atoms with Crippen molar-refractivity contribution in [3.63, 3.8) is 0 Å². The molecule has 2 N–H and O–H groups in total. The average molecular weight is 395 g/mol. The van der Waals surface area contributed by atoms with E-state index in [9.17, 15) is 4.79 Å². The van der Waals surface area contributed by atoms with Gasteiger partial charge in [0.2, 0.25) is 11.0 Å². The van der Waals surface area contributed by atoms with Crippen molar-refractivity contribution in [2.45, 2.75) is 37.1 Å². The number of benzene rings is 1. The molecule has 6 nitrogen and oxygen atoms in total. The number of ether oxygens (including phenoxy) is 1. The normalized spacial score (nSPS) is 10.7.